The van der Waals surface area contributed by atoms with E-state index in [1.54, 1.807) is 0 Å². The van der Waals surface area contributed by atoms with E-state index in [2.05, 4.69) is 40.7 Å². The Hall–Kier alpha value is -1.24. The second kappa shape index (κ2) is 8.64. The highest BCUT2D eigenvalue weighted by Crippen LogP contribution is 2.67. The fourth-order valence-electron chi connectivity index (χ4n) is 9.48. The highest BCUT2D eigenvalue weighted by atomic mass is 16.5. The van der Waals surface area contributed by atoms with Crippen molar-refractivity contribution in [2.24, 2.45) is 46.3 Å². The van der Waals surface area contributed by atoms with Crippen LogP contribution in [0.1, 0.15) is 87.0 Å². The first-order valence-electron chi connectivity index (χ1n) is 14.2. The number of aliphatic hydroxyl groups is 2. The molecule has 3 saturated carbocycles. The molecule has 36 heavy (non-hydrogen) atoms. The molecular weight excluding hydrogens is 456 g/mol. The molecule has 0 radical (unpaired) electrons. The molecule has 4 fully saturated rings. The lowest BCUT2D eigenvalue weighted by atomic mass is 9.45. The highest BCUT2D eigenvalue weighted by molar-refractivity contribution is 5.91. The van der Waals surface area contributed by atoms with Gasteiger partial charge in [-0.15, -0.1) is 0 Å². The van der Waals surface area contributed by atoms with Crippen LogP contribution in [0.25, 0.3) is 0 Å². The van der Waals surface area contributed by atoms with E-state index in [1.807, 2.05) is 6.92 Å². The molecule has 5 aliphatic rings. The van der Waals surface area contributed by atoms with Gasteiger partial charge in [0.2, 0.25) is 0 Å². The quantitative estimate of drug-likeness (QED) is 0.437. The largest absolute Gasteiger partial charge is 0.454 e. The van der Waals surface area contributed by atoms with E-state index in [4.69, 9.17) is 9.47 Å². The smallest absolute Gasteiger partial charge is 0.303 e. The number of rotatable bonds is 3. The van der Waals surface area contributed by atoms with Crippen molar-refractivity contribution in [3.63, 3.8) is 0 Å². The summed E-state index contributed by atoms with van der Waals surface area (Å²) in [5, 5.41) is 21.6. The molecule has 202 valence electrons. The Morgan fingerprint density at radius 3 is 2.47 bits per heavy atom. The zero-order valence-electron chi connectivity index (χ0n) is 23.1. The number of ketones is 1. The zero-order chi connectivity index (χ0) is 26.4. The SMILES string of the molecule is CC(=O)O[C@@H]1C(=O)[C@H]2[C@@H](CC=C3C[C@@H](O)C[C@@H](O)[C@@]32C)[C@@H]2CC[C@H]([C@H](C)[C@H]3C[C@H](C)C(C)(C)O3)[C@@]12C. The molecule has 12 atom stereocenters. The number of aliphatic hydroxyl groups excluding tert-OH is 2. The number of Topliss-reactive ketones (excluding diaryl/α,β-unsaturated/α-hetero) is 1. The van der Waals surface area contributed by atoms with Gasteiger partial charge in [-0.25, -0.2) is 0 Å². The van der Waals surface area contributed by atoms with Crippen molar-refractivity contribution in [3.05, 3.63) is 11.6 Å². The fourth-order valence-corrected chi connectivity index (χ4v) is 9.48. The Kier molecular flexibility index (Phi) is 6.33. The van der Waals surface area contributed by atoms with Crippen molar-refractivity contribution in [1.29, 1.82) is 0 Å². The van der Waals surface area contributed by atoms with Gasteiger partial charge in [0.05, 0.1) is 23.9 Å². The monoisotopic (exact) mass is 502 g/mol. The molecular formula is C30H46O6. The molecule has 6 nitrogen and oxygen atoms in total. The fraction of sp³-hybridized carbons (Fsp3) is 0.867. The summed E-state index contributed by atoms with van der Waals surface area (Å²) in [4.78, 5) is 26.9. The molecule has 1 saturated heterocycles. The molecule has 5 rings (SSSR count). The number of carbonyl (C=O) groups is 2. The lowest BCUT2D eigenvalue weighted by molar-refractivity contribution is -0.193. The second-order valence-electron chi connectivity index (χ2n) is 13.8. The van der Waals surface area contributed by atoms with E-state index < -0.39 is 41.0 Å². The molecule has 0 spiro atoms. The van der Waals surface area contributed by atoms with Gasteiger partial charge in [0.15, 0.2) is 11.9 Å². The lowest BCUT2D eigenvalue weighted by Gasteiger charge is -2.60. The predicted octanol–water partition coefficient (Wildman–Crippen LogP) is 4.46. The topological polar surface area (TPSA) is 93.1 Å². The van der Waals surface area contributed by atoms with Crippen LogP contribution >= 0.6 is 0 Å². The van der Waals surface area contributed by atoms with Crippen LogP contribution in [0.15, 0.2) is 11.6 Å². The summed E-state index contributed by atoms with van der Waals surface area (Å²) in [5.74, 6) is 0.375. The van der Waals surface area contributed by atoms with Crippen LogP contribution in [0.4, 0.5) is 0 Å². The third-order valence-electron chi connectivity index (χ3n) is 11.8. The van der Waals surface area contributed by atoms with E-state index in [0.717, 1.165) is 31.3 Å². The molecule has 0 aromatic rings. The number of ether oxygens (including phenoxy) is 2. The summed E-state index contributed by atoms with van der Waals surface area (Å²) in [6, 6.07) is 0. The number of esters is 1. The minimum atomic E-state index is -0.821. The highest BCUT2D eigenvalue weighted by Gasteiger charge is 2.69. The van der Waals surface area contributed by atoms with Crippen LogP contribution in [0.5, 0.6) is 0 Å². The summed E-state index contributed by atoms with van der Waals surface area (Å²) >= 11 is 0. The third-order valence-corrected chi connectivity index (χ3v) is 11.8. The Balaban J connectivity index is 1.54. The molecule has 1 heterocycles. The predicted molar refractivity (Wildman–Crippen MR) is 136 cm³/mol. The van der Waals surface area contributed by atoms with E-state index in [9.17, 15) is 19.8 Å². The molecule has 2 N–H and O–H groups in total. The Morgan fingerprint density at radius 2 is 1.86 bits per heavy atom. The van der Waals surface area contributed by atoms with Crippen molar-refractivity contribution in [1.82, 2.24) is 0 Å². The molecule has 0 aromatic heterocycles. The summed E-state index contributed by atoms with van der Waals surface area (Å²) in [7, 11) is 0. The second-order valence-corrected chi connectivity index (χ2v) is 13.8. The molecule has 6 heteroatoms. The van der Waals surface area contributed by atoms with Crippen LogP contribution in [-0.4, -0.2) is 52.0 Å². The summed E-state index contributed by atoms with van der Waals surface area (Å²) < 4.78 is 12.5. The van der Waals surface area contributed by atoms with Gasteiger partial charge in [0.25, 0.3) is 0 Å². The summed E-state index contributed by atoms with van der Waals surface area (Å²) in [6.45, 7) is 14.4. The van der Waals surface area contributed by atoms with Crippen LogP contribution < -0.4 is 0 Å². The Morgan fingerprint density at radius 1 is 1.17 bits per heavy atom. The van der Waals surface area contributed by atoms with Gasteiger partial charge in [0, 0.05) is 30.1 Å². The normalized spacial score (nSPS) is 50.5. The summed E-state index contributed by atoms with van der Waals surface area (Å²) in [6.07, 6.45) is 4.65. The van der Waals surface area contributed by atoms with Crippen LogP contribution in [0, 0.1) is 46.3 Å². The standard InChI is InChI=1S/C30H46O6/c1-15-12-23(36-28(15,4)5)16(2)21-10-11-22-20-9-8-18-13-19(32)14-24(33)29(18,6)25(20)26(34)27(30(21,22)7)35-17(3)31/h8,15-16,19-25,27,32-33H,9-14H2,1-7H3/t15-,16-,19+,20-,21+,22-,23+,24+,25+,27+,29+,30+/m0/s1. The maximum absolute atomic E-state index is 14.5. The van der Waals surface area contributed by atoms with Gasteiger partial charge in [-0.3, -0.25) is 9.59 Å². The van der Waals surface area contributed by atoms with E-state index in [-0.39, 0.29) is 47.6 Å². The van der Waals surface area contributed by atoms with Crippen molar-refractivity contribution in [2.75, 3.05) is 0 Å². The maximum atomic E-state index is 14.5. The van der Waals surface area contributed by atoms with Gasteiger partial charge in [-0.1, -0.05) is 39.3 Å². The number of hydrogen-bond donors (Lipinski definition) is 2. The van der Waals surface area contributed by atoms with E-state index in [0.29, 0.717) is 12.3 Å². The average Bonchev–Trinajstić information content (AvgIpc) is 3.27. The zero-order valence-corrected chi connectivity index (χ0v) is 23.1. The van der Waals surface area contributed by atoms with Gasteiger partial charge >= 0.3 is 5.97 Å². The first-order valence-corrected chi connectivity index (χ1v) is 14.2. The lowest BCUT2D eigenvalue weighted by Crippen LogP contribution is -2.65. The molecule has 0 aromatic carbocycles. The van der Waals surface area contributed by atoms with Gasteiger partial charge in [-0.2, -0.15) is 0 Å². The maximum Gasteiger partial charge on any atom is 0.303 e. The molecule has 0 unspecified atom stereocenters. The van der Waals surface area contributed by atoms with E-state index in [1.165, 1.54) is 6.92 Å². The molecule has 0 amide bonds. The number of fused-ring (bicyclic) bond motifs is 5. The number of carbonyl (C=O) groups excluding carboxylic acids is 2. The van der Waals surface area contributed by atoms with Crippen molar-refractivity contribution in [3.8, 4) is 0 Å². The first-order chi connectivity index (χ1) is 16.7. The molecule has 0 bridgehead atoms. The average molecular weight is 503 g/mol. The van der Waals surface area contributed by atoms with Gasteiger partial charge in [0.1, 0.15) is 0 Å². The van der Waals surface area contributed by atoms with Crippen molar-refractivity contribution >= 4 is 11.8 Å². The Labute approximate surface area is 216 Å². The minimum Gasteiger partial charge on any atom is -0.454 e. The first kappa shape index (κ1) is 26.4. The minimum absolute atomic E-state index is 0.0300. The molecule has 1 aliphatic heterocycles. The Bertz CT molecular complexity index is 955. The van der Waals surface area contributed by atoms with Crippen molar-refractivity contribution < 1.29 is 29.3 Å². The van der Waals surface area contributed by atoms with E-state index >= 15 is 0 Å². The number of hydrogen-bond acceptors (Lipinski definition) is 6. The molecule has 4 aliphatic carbocycles. The third kappa shape index (κ3) is 3.60. The van der Waals surface area contributed by atoms with Gasteiger partial charge in [-0.05, 0) is 75.5 Å². The number of allylic oxidation sites excluding steroid dienone is 1. The summed E-state index contributed by atoms with van der Waals surface area (Å²) in [5.41, 5.74) is -0.367. The van der Waals surface area contributed by atoms with Crippen LogP contribution in [-0.2, 0) is 19.1 Å². The van der Waals surface area contributed by atoms with Crippen LogP contribution in [0.3, 0.4) is 0 Å². The van der Waals surface area contributed by atoms with Crippen LogP contribution in [0.2, 0.25) is 0 Å². The van der Waals surface area contributed by atoms with Crippen molar-refractivity contribution in [2.45, 2.75) is 117 Å². The van der Waals surface area contributed by atoms with Gasteiger partial charge < -0.3 is 19.7 Å².